The molecule has 1 saturated heterocycles. The summed E-state index contributed by atoms with van der Waals surface area (Å²) in [6.45, 7) is 3.50. The molecule has 4 rings (SSSR count). The smallest absolute Gasteiger partial charge is 0.255 e. The summed E-state index contributed by atoms with van der Waals surface area (Å²) in [5, 5.41) is 0.787. The lowest BCUT2D eigenvalue weighted by atomic mass is 9.92. The number of rotatable bonds is 4. The van der Waals surface area contributed by atoms with Crippen LogP contribution < -0.4 is 0 Å². The second-order valence-electron chi connectivity index (χ2n) is 7.64. The molecular weight excluding hydrogens is 382 g/mol. The summed E-state index contributed by atoms with van der Waals surface area (Å²) >= 11 is 6.35. The average molecular weight is 406 g/mol. The Hall–Kier alpha value is -2.72. The minimum absolute atomic E-state index is 0.0479. The summed E-state index contributed by atoms with van der Waals surface area (Å²) in [4.78, 5) is 23.7. The van der Waals surface area contributed by atoms with Gasteiger partial charge in [0.1, 0.15) is 0 Å². The molecule has 29 heavy (non-hydrogen) atoms. The molecule has 1 amide bonds. The third-order valence-electron chi connectivity index (χ3n) is 5.42. The molecule has 3 aromatic rings. The van der Waals surface area contributed by atoms with Crippen molar-refractivity contribution in [2.24, 2.45) is 0 Å². The molecule has 5 heteroatoms. The van der Waals surface area contributed by atoms with Crippen LogP contribution in [0.3, 0.4) is 0 Å². The number of hydrogen-bond acceptors (Lipinski definition) is 3. The zero-order chi connectivity index (χ0) is 20.2. The quantitative estimate of drug-likeness (QED) is 0.610. The molecule has 1 fully saturated rings. The number of amides is 1. The van der Waals surface area contributed by atoms with E-state index < -0.39 is 0 Å². The Morgan fingerprint density at radius 1 is 1.21 bits per heavy atom. The van der Waals surface area contributed by atoms with Gasteiger partial charge in [-0.15, -0.1) is 0 Å². The number of hydrogen-bond donors (Lipinski definition) is 0. The molecule has 0 saturated carbocycles. The fourth-order valence-corrected chi connectivity index (χ4v) is 4.22. The van der Waals surface area contributed by atoms with Gasteiger partial charge in [0.15, 0.2) is 0 Å². The van der Waals surface area contributed by atoms with Crippen molar-refractivity contribution in [3.05, 3.63) is 94.0 Å². The largest absolute Gasteiger partial charge is 0.338 e. The fourth-order valence-electron chi connectivity index (χ4n) is 4.02. The second kappa shape index (κ2) is 8.75. The summed E-state index contributed by atoms with van der Waals surface area (Å²) in [6.07, 6.45) is 6.12. The monoisotopic (exact) mass is 405 g/mol. The number of piperidine rings is 1. The van der Waals surface area contributed by atoms with Crippen LogP contribution in [0.2, 0.25) is 5.02 Å². The predicted octanol–water partition coefficient (Wildman–Crippen LogP) is 5.05. The zero-order valence-electron chi connectivity index (χ0n) is 16.5. The van der Waals surface area contributed by atoms with Gasteiger partial charge in [0, 0.05) is 47.8 Å². The van der Waals surface area contributed by atoms with Gasteiger partial charge in [-0.25, -0.2) is 0 Å². The van der Waals surface area contributed by atoms with Crippen molar-refractivity contribution in [3.63, 3.8) is 0 Å². The van der Waals surface area contributed by atoms with E-state index >= 15 is 0 Å². The minimum Gasteiger partial charge on any atom is -0.338 e. The van der Waals surface area contributed by atoms with E-state index in [1.54, 1.807) is 18.5 Å². The summed E-state index contributed by atoms with van der Waals surface area (Å²) in [7, 11) is 0. The first kappa shape index (κ1) is 19.6. The summed E-state index contributed by atoms with van der Waals surface area (Å²) in [5.41, 5.74) is 5.03. The van der Waals surface area contributed by atoms with Crippen molar-refractivity contribution in [2.45, 2.75) is 32.1 Å². The van der Waals surface area contributed by atoms with E-state index in [-0.39, 0.29) is 11.8 Å². The number of carbonyl (C=O) groups is 1. The van der Waals surface area contributed by atoms with Crippen LogP contribution in [0, 0.1) is 6.92 Å². The fraction of sp³-hybridized carbons (Fsp3) is 0.292. The standard InChI is InChI=1S/C24H24ClN3O/c1-17-12-18(13-19-6-2-3-9-22(19)25)14-23(27-17)21-8-5-11-28(16-21)24(29)20-7-4-10-26-15-20/h2-4,6-7,9-10,12,14-15,21H,5,8,11,13,16H2,1H3. The van der Waals surface area contributed by atoms with Crippen molar-refractivity contribution >= 4 is 17.5 Å². The van der Waals surface area contributed by atoms with Crippen LogP contribution in [0.1, 0.15) is 51.6 Å². The third kappa shape index (κ3) is 4.65. The molecule has 0 radical (unpaired) electrons. The van der Waals surface area contributed by atoms with Gasteiger partial charge in [0.2, 0.25) is 0 Å². The Morgan fingerprint density at radius 3 is 2.86 bits per heavy atom. The molecule has 0 aliphatic carbocycles. The number of nitrogens with zero attached hydrogens (tertiary/aromatic N) is 3. The number of halogens is 1. The summed E-state index contributed by atoms with van der Waals surface area (Å²) in [6, 6.07) is 15.9. The van der Waals surface area contributed by atoms with Gasteiger partial charge >= 0.3 is 0 Å². The Morgan fingerprint density at radius 2 is 2.07 bits per heavy atom. The molecule has 4 nitrogen and oxygen atoms in total. The Bertz CT molecular complexity index is 1010. The highest BCUT2D eigenvalue weighted by Crippen LogP contribution is 2.28. The first-order chi connectivity index (χ1) is 14.1. The zero-order valence-corrected chi connectivity index (χ0v) is 17.3. The van der Waals surface area contributed by atoms with Gasteiger partial charge in [-0.1, -0.05) is 29.8 Å². The highest BCUT2D eigenvalue weighted by molar-refractivity contribution is 6.31. The molecule has 1 aliphatic rings. The SMILES string of the molecule is Cc1cc(Cc2ccccc2Cl)cc(C2CCCN(C(=O)c3cccnc3)C2)n1. The molecule has 1 aliphatic heterocycles. The third-order valence-corrected chi connectivity index (χ3v) is 5.79. The van der Waals surface area contributed by atoms with Gasteiger partial charge in [-0.05, 0) is 67.6 Å². The molecule has 1 atom stereocenters. The maximum absolute atomic E-state index is 12.8. The number of aryl methyl sites for hydroxylation is 1. The molecule has 2 aromatic heterocycles. The molecule has 0 N–H and O–H groups in total. The average Bonchev–Trinajstić information content (AvgIpc) is 2.75. The molecule has 1 unspecified atom stereocenters. The molecule has 148 valence electrons. The van der Waals surface area contributed by atoms with Crippen molar-refractivity contribution in [2.75, 3.05) is 13.1 Å². The van der Waals surface area contributed by atoms with Gasteiger partial charge in [0.05, 0.1) is 5.56 Å². The topological polar surface area (TPSA) is 46.1 Å². The molecule has 1 aromatic carbocycles. The molecule has 3 heterocycles. The van der Waals surface area contributed by atoms with Gasteiger partial charge in [-0.2, -0.15) is 0 Å². The highest BCUT2D eigenvalue weighted by Gasteiger charge is 2.26. The van der Waals surface area contributed by atoms with E-state index in [1.807, 2.05) is 36.1 Å². The number of aromatic nitrogens is 2. The van der Waals surface area contributed by atoms with Crippen LogP contribution in [0.5, 0.6) is 0 Å². The van der Waals surface area contributed by atoms with Gasteiger partial charge in [0.25, 0.3) is 5.91 Å². The molecule has 0 bridgehead atoms. The van der Waals surface area contributed by atoms with Crippen LogP contribution >= 0.6 is 11.6 Å². The van der Waals surface area contributed by atoms with Crippen LogP contribution in [-0.4, -0.2) is 33.9 Å². The first-order valence-corrected chi connectivity index (χ1v) is 10.4. The second-order valence-corrected chi connectivity index (χ2v) is 8.05. The summed E-state index contributed by atoms with van der Waals surface area (Å²) in [5.74, 6) is 0.293. The van der Waals surface area contributed by atoms with E-state index in [0.29, 0.717) is 12.1 Å². The van der Waals surface area contributed by atoms with Crippen molar-refractivity contribution < 1.29 is 4.79 Å². The van der Waals surface area contributed by atoms with E-state index in [0.717, 1.165) is 47.8 Å². The number of benzene rings is 1. The minimum atomic E-state index is 0.0479. The van der Waals surface area contributed by atoms with Crippen molar-refractivity contribution in [1.82, 2.24) is 14.9 Å². The van der Waals surface area contributed by atoms with E-state index in [9.17, 15) is 4.79 Å². The van der Waals surface area contributed by atoms with E-state index in [4.69, 9.17) is 16.6 Å². The Labute approximate surface area is 176 Å². The van der Waals surface area contributed by atoms with Crippen LogP contribution in [0.4, 0.5) is 0 Å². The number of likely N-dealkylation sites (tertiary alicyclic amines) is 1. The summed E-state index contributed by atoms with van der Waals surface area (Å²) < 4.78 is 0. The van der Waals surface area contributed by atoms with Crippen LogP contribution in [-0.2, 0) is 6.42 Å². The van der Waals surface area contributed by atoms with E-state index in [1.165, 1.54) is 5.56 Å². The lowest BCUT2D eigenvalue weighted by Crippen LogP contribution is -2.39. The van der Waals surface area contributed by atoms with Crippen LogP contribution in [0.25, 0.3) is 0 Å². The van der Waals surface area contributed by atoms with Crippen molar-refractivity contribution in [1.29, 1.82) is 0 Å². The maximum Gasteiger partial charge on any atom is 0.255 e. The van der Waals surface area contributed by atoms with E-state index in [2.05, 4.69) is 23.2 Å². The highest BCUT2D eigenvalue weighted by atomic mass is 35.5. The Kier molecular flexibility index (Phi) is 5.91. The molecular formula is C24H24ClN3O. The van der Waals surface area contributed by atoms with Gasteiger partial charge < -0.3 is 4.90 Å². The van der Waals surface area contributed by atoms with Gasteiger partial charge in [-0.3, -0.25) is 14.8 Å². The predicted molar refractivity (Wildman–Crippen MR) is 115 cm³/mol. The number of pyridine rings is 2. The normalized spacial score (nSPS) is 16.6. The number of carbonyl (C=O) groups excluding carboxylic acids is 1. The molecule has 0 spiro atoms. The Balaban J connectivity index is 1.54. The lowest BCUT2D eigenvalue weighted by molar-refractivity contribution is 0.0705. The maximum atomic E-state index is 12.8. The van der Waals surface area contributed by atoms with Crippen LogP contribution in [0.15, 0.2) is 60.9 Å². The van der Waals surface area contributed by atoms with Crippen molar-refractivity contribution in [3.8, 4) is 0 Å². The first-order valence-electron chi connectivity index (χ1n) is 10.0. The lowest BCUT2D eigenvalue weighted by Gasteiger charge is -2.32.